The minimum atomic E-state index is 0.540. The fourth-order valence-electron chi connectivity index (χ4n) is 2.39. The first-order valence-electron chi connectivity index (χ1n) is 6.97. The second kappa shape index (κ2) is 7.70. The second-order valence-corrected chi connectivity index (χ2v) is 6.20. The number of nitrogens with zero attached hydrogens (tertiary/aromatic N) is 2. The van der Waals surface area contributed by atoms with Gasteiger partial charge in [0.15, 0.2) is 0 Å². The Labute approximate surface area is 119 Å². The summed E-state index contributed by atoms with van der Waals surface area (Å²) < 4.78 is 5.15. The molecule has 1 saturated carbocycles. The molecule has 1 heterocycles. The lowest BCUT2D eigenvalue weighted by Gasteiger charge is -2.20. The van der Waals surface area contributed by atoms with E-state index in [0.29, 0.717) is 6.61 Å². The van der Waals surface area contributed by atoms with Crippen LogP contribution >= 0.6 is 11.8 Å². The van der Waals surface area contributed by atoms with Crippen LogP contribution in [0.25, 0.3) is 0 Å². The molecule has 0 atom stereocenters. The maximum atomic E-state index is 5.15. The number of hydrogen-bond acceptors (Lipinski definition) is 5. The van der Waals surface area contributed by atoms with Gasteiger partial charge < -0.3 is 10.1 Å². The molecule has 0 radical (unpaired) electrons. The summed E-state index contributed by atoms with van der Waals surface area (Å²) in [4.78, 5) is 9.08. The fourth-order valence-corrected chi connectivity index (χ4v) is 3.57. The molecule has 0 spiro atoms. The van der Waals surface area contributed by atoms with Crippen LogP contribution in [0.1, 0.15) is 43.6 Å². The Morgan fingerprint density at radius 1 is 1.32 bits per heavy atom. The van der Waals surface area contributed by atoms with Gasteiger partial charge in [-0.15, -0.1) is 0 Å². The van der Waals surface area contributed by atoms with E-state index < -0.39 is 0 Å². The summed E-state index contributed by atoms with van der Waals surface area (Å²) in [7, 11) is 3.58. The predicted molar refractivity (Wildman–Crippen MR) is 80.5 cm³/mol. The monoisotopic (exact) mass is 281 g/mol. The lowest BCUT2D eigenvalue weighted by molar-refractivity contribution is 0.181. The normalized spacial score (nSPS) is 16.5. The molecule has 0 aliphatic heterocycles. The molecule has 0 amide bonds. The van der Waals surface area contributed by atoms with Gasteiger partial charge in [-0.25, -0.2) is 9.97 Å². The maximum Gasteiger partial charge on any atom is 0.140 e. The summed E-state index contributed by atoms with van der Waals surface area (Å²) in [5, 5.41) is 3.88. The summed E-state index contributed by atoms with van der Waals surface area (Å²) in [6.07, 6.45) is 6.86. The van der Waals surface area contributed by atoms with Crippen LogP contribution in [-0.2, 0) is 17.1 Å². The van der Waals surface area contributed by atoms with E-state index >= 15 is 0 Å². The van der Waals surface area contributed by atoms with Crippen molar-refractivity contribution in [3.8, 4) is 0 Å². The first-order chi connectivity index (χ1) is 9.31. The van der Waals surface area contributed by atoms with Crippen LogP contribution in [0.3, 0.4) is 0 Å². The van der Waals surface area contributed by atoms with E-state index in [1.165, 1.54) is 32.1 Å². The quantitative estimate of drug-likeness (QED) is 0.867. The first kappa shape index (κ1) is 14.6. The molecule has 19 heavy (non-hydrogen) atoms. The van der Waals surface area contributed by atoms with Crippen molar-refractivity contribution < 1.29 is 4.74 Å². The lowest BCUT2D eigenvalue weighted by Crippen LogP contribution is -2.10. The fraction of sp³-hybridized carbons (Fsp3) is 0.714. The molecule has 4 nitrogen and oxygen atoms in total. The van der Waals surface area contributed by atoms with E-state index in [-0.39, 0.29) is 0 Å². The van der Waals surface area contributed by atoms with Crippen molar-refractivity contribution in [2.45, 2.75) is 49.7 Å². The summed E-state index contributed by atoms with van der Waals surface area (Å²) in [5.74, 6) is 2.69. The summed E-state index contributed by atoms with van der Waals surface area (Å²) >= 11 is 2.00. The zero-order valence-corrected chi connectivity index (χ0v) is 12.6. The Kier molecular flexibility index (Phi) is 5.92. The number of methoxy groups -OCH3 is 1. The average Bonchev–Trinajstić information content (AvgIpc) is 2.46. The topological polar surface area (TPSA) is 47.0 Å². The van der Waals surface area contributed by atoms with Gasteiger partial charge in [-0.2, -0.15) is 11.8 Å². The predicted octanol–water partition coefficient (Wildman–Crippen LogP) is 3.23. The van der Waals surface area contributed by atoms with Crippen molar-refractivity contribution in [1.29, 1.82) is 0 Å². The largest absolute Gasteiger partial charge is 0.378 e. The van der Waals surface area contributed by atoms with Gasteiger partial charge in [0.05, 0.1) is 18.1 Å². The molecular weight excluding hydrogens is 258 g/mol. The van der Waals surface area contributed by atoms with Crippen LogP contribution in [-0.4, -0.2) is 29.4 Å². The number of anilines is 1. The van der Waals surface area contributed by atoms with Crippen LogP contribution in [0, 0.1) is 0 Å². The van der Waals surface area contributed by atoms with Crippen molar-refractivity contribution in [2.75, 3.05) is 19.5 Å². The molecule has 0 unspecified atom stereocenters. The molecule has 1 fully saturated rings. The van der Waals surface area contributed by atoms with Crippen LogP contribution in [0.5, 0.6) is 0 Å². The molecule has 106 valence electrons. The van der Waals surface area contributed by atoms with Crippen molar-refractivity contribution in [1.82, 2.24) is 9.97 Å². The molecule has 1 aliphatic rings. The highest BCUT2D eigenvalue weighted by atomic mass is 32.2. The SMILES string of the molecule is CNc1cc(COC)nc(CSC2CCCCC2)n1. The van der Waals surface area contributed by atoms with E-state index in [4.69, 9.17) is 4.74 Å². The minimum absolute atomic E-state index is 0.540. The molecule has 1 N–H and O–H groups in total. The maximum absolute atomic E-state index is 5.15. The summed E-state index contributed by atoms with van der Waals surface area (Å²) in [5.41, 5.74) is 0.945. The Morgan fingerprint density at radius 2 is 2.11 bits per heavy atom. The molecule has 0 saturated heterocycles. The lowest BCUT2D eigenvalue weighted by atomic mass is 10.0. The van der Waals surface area contributed by atoms with E-state index in [2.05, 4.69) is 15.3 Å². The number of nitrogens with one attached hydrogen (secondary N) is 1. The second-order valence-electron chi connectivity index (χ2n) is 4.91. The molecule has 0 bridgehead atoms. The third-order valence-electron chi connectivity index (χ3n) is 3.37. The van der Waals surface area contributed by atoms with E-state index in [9.17, 15) is 0 Å². The molecule has 1 aromatic rings. The molecule has 2 rings (SSSR count). The highest BCUT2D eigenvalue weighted by molar-refractivity contribution is 7.99. The highest BCUT2D eigenvalue weighted by Crippen LogP contribution is 2.30. The molecule has 1 aliphatic carbocycles. The third-order valence-corrected chi connectivity index (χ3v) is 4.74. The van der Waals surface area contributed by atoms with Crippen molar-refractivity contribution in [2.24, 2.45) is 0 Å². The zero-order valence-electron chi connectivity index (χ0n) is 11.8. The molecule has 5 heteroatoms. The Balaban J connectivity index is 1.95. The zero-order chi connectivity index (χ0) is 13.5. The molecular formula is C14H23N3OS. The number of thioether (sulfide) groups is 1. The van der Waals surface area contributed by atoms with Crippen molar-refractivity contribution >= 4 is 17.6 Å². The highest BCUT2D eigenvalue weighted by Gasteiger charge is 2.14. The average molecular weight is 281 g/mol. The van der Waals surface area contributed by atoms with Gasteiger partial charge >= 0.3 is 0 Å². The van der Waals surface area contributed by atoms with Gasteiger partial charge in [-0.1, -0.05) is 19.3 Å². The van der Waals surface area contributed by atoms with Gasteiger partial charge in [-0.3, -0.25) is 0 Å². The number of hydrogen-bond donors (Lipinski definition) is 1. The van der Waals surface area contributed by atoms with Crippen LogP contribution in [0.2, 0.25) is 0 Å². The van der Waals surface area contributed by atoms with Crippen LogP contribution < -0.4 is 5.32 Å². The number of ether oxygens (including phenoxy) is 1. The van der Waals surface area contributed by atoms with Gasteiger partial charge in [-0.05, 0) is 12.8 Å². The van der Waals surface area contributed by atoms with E-state index in [1.807, 2.05) is 24.9 Å². The van der Waals surface area contributed by atoms with Gasteiger partial charge in [0.25, 0.3) is 0 Å². The van der Waals surface area contributed by atoms with E-state index in [0.717, 1.165) is 28.3 Å². The smallest absolute Gasteiger partial charge is 0.140 e. The number of rotatable bonds is 6. The Hall–Kier alpha value is -0.810. The van der Waals surface area contributed by atoms with Crippen LogP contribution in [0.15, 0.2) is 6.07 Å². The summed E-state index contributed by atoms with van der Waals surface area (Å²) in [6, 6.07) is 1.94. The van der Waals surface area contributed by atoms with Gasteiger partial charge in [0.1, 0.15) is 11.6 Å². The Morgan fingerprint density at radius 3 is 2.79 bits per heavy atom. The summed E-state index contributed by atoms with van der Waals surface area (Å²) in [6.45, 7) is 0.540. The van der Waals surface area contributed by atoms with Gasteiger partial charge in [0.2, 0.25) is 0 Å². The van der Waals surface area contributed by atoms with Crippen molar-refractivity contribution in [3.63, 3.8) is 0 Å². The third kappa shape index (κ3) is 4.66. The Bertz CT molecular complexity index is 394. The van der Waals surface area contributed by atoms with Gasteiger partial charge in [0, 0.05) is 25.5 Å². The first-order valence-corrected chi connectivity index (χ1v) is 8.02. The molecule has 0 aromatic carbocycles. The number of aromatic nitrogens is 2. The van der Waals surface area contributed by atoms with E-state index in [1.54, 1.807) is 7.11 Å². The minimum Gasteiger partial charge on any atom is -0.378 e. The molecule has 1 aromatic heterocycles. The standard InChI is InChI=1S/C14H23N3OS/c1-15-13-8-11(9-18-2)16-14(17-13)10-19-12-6-4-3-5-7-12/h8,12H,3-7,9-10H2,1-2H3,(H,15,16,17). The van der Waals surface area contributed by atoms with Crippen LogP contribution in [0.4, 0.5) is 5.82 Å². The van der Waals surface area contributed by atoms with Crippen molar-refractivity contribution in [3.05, 3.63) is 17.6 Å².